The van der Waals surface area contributed by atoms with Crippen molar-refractivity contribution < 1.29 is 5.11 Å². The maximum atomic E-state index is 10.7. The fourth-order valence-corrected chi connectivity index (χ4v) is 4.15. The summed E-state index contributed by atoms with van der Waals surface area (Å²) in [6.07, 6.45) is 9.38. The van der Waals surface area contributed by atoms with Gasteiger partial charge < -0.3 is 20.3 Å². The second-order valence-electron chi connectivity index (χ2n) is 7.20. The standard InChI is InChI=1S/C18H26N6O/c1-23-11-8-20-17(23)15(25)12-6-9-24(10-7-12)16-13-4-2-3-5-14(13)21-18(19)22-16/h8,11-12,15,25H,2-7,9-10H2,1H3,(H2,19,21,22)/t15-/m1/s1. The number of hydrogen-bond acceptors (Lipinski definition) is 6. The summed E-state index contributed by atoms with van der Waals surface area (Å²) < 4.78 is 1.90. The van der Waals surface area contributed by atoms with Crippen LogP contribution in [0.25, 0.3) is 0 Å². The van der Waals surface area contributed by atoms with Crippen molar-refractivity contribution in [3.05, 3.63) is 29.5 Å². The molecule has 2 aliphatic rings. The lowest BCUT2D eigenvalue weighted by Crippen LogP contribution is -2.37. The molecule has 2 aromatic rings. The molecule has 2 aromatic heterocycles. The monoisotopic (exact) mass is 342 g/mol. The first-order chi connectivity index (χ1) is 12.1. The third kappa shape index (κ3) is 3.08. The van der Waals surface area contributed by atoms with Gasteiger partial charge >= 0.3 is 0 Å². The van der Waals surface area contributed by atoms with Crippen molar-refractivity contribution in [1.82, 2.24) is 19.5 Å². The molecule has 25 heavy (non-hydrogen) atoms. The molecule has 0 radical (unpaired) electrons. The Bertz CT molecular complexity index is 750. The third-order valence-corrected chi connectivity index (χ3v) is 5.59. The van der Waals surface area contributed by atoms with Gasteiger partial charge in [-0.25, -0.2) is 9.97 Å². The summed E-state index contributed by atoms with van der Waals surface area (Å²) in [4.78, 5) is 15.6. The van der Waals surface area contributed by atoms with Crippen LogP contribution in [0.1, 0.15) is 48.9 Å². The fourth-order valence-electron chi connectivity index (χ4n) is 4.15. The zero-order chi connectivity index (χ0) is 17.4. The highest BCUT2D eigenvalue weighted by molar-refractivity contribution is 5.53. The molecule has 1 saturated heterocycles. The van der Waals surface area contributed by atoms with E-state index >= 15 is 0 Å². The molecule has 0 bridgehead atoms. The first kappa shape index (κ1) is 16.3. The molecular weight excluding hydrogens is 316 g/mol. The van der Waals surface area contributed by atoms with Crippen LogP contribution in [0.5, 0.6) is 0 Å². The van der Waals surface area contributed by atoms with Crippen LogP contribution in [0.4, 0.5) is 11.8 Å². The van der Waals surface area contributed by atoms with Crippen LogP contribution >= 0.6 is 0 Å². The van der Waals surface area contributed by atoms with Gasteiger partial charge in [-0.1, -0.05) is 0 Å². The minimum absolute atomic E-state index is 0.229. The molecule has 1 aliphatic carbocycles. The molecule has 0 spiro atoms. The summed E-state index contributed by atoms with van der Waals surface area (Å²) in [5.41, 5.74) is 8.36. The second-order valence-corrected chi connectivity index (χ2v) is 7.20. The van der Waals surface area contributed by atoms with Gasteiger partial charge in [-0.05, 0) is 44.4 Å². The number of aliphatic hydroxyl groups excluding tert-OH is 1. The van der Waals surface area contributed by atoms with Gasteiger partial charge in [0.25, 0.3) is 0 Å². The van der Waals surface area contributed by atoms with Gasteiger partial charge in [0.1, 0.15) is 17.7 Å². The van der Waals surface area contributed by atoms with Gasteiger partial charge in [-0.15, -0.1) is 0 Å². The fraction of sp³-hybridized carbons (Fsp3) is 0.611. The van der Waals surface area contributed by atoms with E-state index in [-0.39, 0.29) is 5.92 Å². The van der Waals surface area contributed by atoms with Gasteiger partial charge in [0.15, 0.2) is 0 Å². The molecule has 0 amide bonds. The number of aromatic nitrogens is 4. The number of imidazole rings is 1. The number of rotatable bonds is 3. The van der Waals surface area contributed by atoms with Gasteiger partial charge in [0, 0.05) is 38.1 Å². The Hall–Kier alpha value is -2.15. The Morgan fingerprint density at radius 1 is 1.20 bits per heavy atom. The average molecular weight is 342 g/mol. The summed E-state index contributed by atoms with van der Waals surface area (Å²) in [6, 6.07) is 0. The van der Waals surface area contributed by atoms with Gasteiger partial charge in [-0.3, -0.25) is 0 Å². The van der Waals surface area contributed by atoms with Gasteiger partial charge in [0.2, 0.25) is 5.95 Å². The molecule has 1 aliphatic heterocycles. The predicted molar refractivity (Wildman–Crippen MR) is 96.2 cm³/mol. The summed E-state index contributed by atoms with van der Waals surface area (Å²) >= 11 is 0. The molecule has 0 saturated carbocycles. The van der Waals surface area contributed by atoms with Gasteiger partial charge in [0.05, 0.1) is 5.69 Å². The van der Waals surface area contributed by atoms with Crippen molar-refractivity contribution in [2.45, 2.75) is 44.6 Å². The van der Waals surface area contributed by atoms with Crippen molar-refractivity contribution in [2.75, 3.05) is 23.7 Å². The molecule has 134 valence electrons. The number of hydrogen-bond donors (Lipinski definition) is 2. The molecule has 3 N–H and O–H groups in total. The zero-order valence-electron chi connectivity index (χ0n) is 14.7. The highest BCUT2D eigenvalue weighted by Crippen LogP contribution is 2.34. The smallest absolute Gasteiger partial charge is 0.222 e. The summed E-state index contributed by atoms with van der Waals surface area (Å²) in [5, 5.41) is 10.7. The van der Waals surface area contributed by atoms with Crippen molar-refractivity contribution in [3.63, 3.8) is 0 Å². The van der Waals surface area contributed by atoms with E-state index in [4.69, 9.17) is 5.73 Å². The summed E-state index contributed by atoms with van der Waals surface area (Å²) in [6.45, 7) is 1.77. The van der Waals surface area contributed by atoms with E-state index in [9.17, 15) is 5.11 Å². The molecule has 4 rings (SSSR count). The van der Waals surface area contributed by atoms with Crippen molar-refractivity contribution in [3.8, 4) is 0 Å². The predicted octanol–water partition coefficient (Wildman–Crippen LogP) is 1.62. The van der Waals surface area contributed by atoms with Gasteiger partial charge in [-0.2, -0.15) is 4.98 Å². The number of anilines is 2. The Morgan fingerprint density at radius 3 is 2.68 bits per heavy atom. The Kier molecular flexibility index (Phi) is 4.33. The molecule has 7 heteroatoms. The number of fused-ring (bicyclic) bond motifs is 1. The highest BCUT2D eigenvalue weighted by Gasteiger charge is 2.30. The van der Waals surface area contributed by atoms with E-state index in [1.54, 1.807) is 6.20 Å². The summed E-state index contributed by atoms with van der Waals surface area (Å²) in [7, 11) is 1.93. The number of nitrogens with two attached hydrogens (primary N) is 1. The molecule has 7 nitrogen and oxygen atoms in total. The lowest BCUT2D eigenvalue weighted by Gasteiger charge is -2.36. The van der Waals surface area contributed by atoms with Crippen LogP contribution in [0, 0.1) is 5.92 Å². The van der Waals surface area contributed by atoms with Crippen LogP contribution in [0.15, 0.2) is 12.4 Å². The van der Waals surface area contributed by atoms with Crippen molar-refractivity contribution in [1.29, 1.82) is 0 Å². The first-order valence-electron chi connectivity index (χ1n) is 9.19. The average Bonchev–Trinajstić information content (AvgIpc) is 3.06. The van der Waals surface area contributed by atoms with Crippen LogP contribution in [0.3, 0.4) is 0 Å². The summed E-state index contributed by atoms with van der Waals surface area (Å²) in [5.74, 6) is 2.38. The van der Waals surface area contributed by atoms with E-state index in [1.165, 1.54) is 18.4 Å². The maximum absolute atomic E-state index is 10.7. The van der Waals surface area contributed by atoms with Crippen molar-refractivity contribution in [2.24, 2.45) is 13.0 Å². The third-order valence-electron chi connectivity index (χ3n) is 5.59. The van der Waals surface area contributed by atoms with Crippen LogP contribution in [-0.2, 0) is 19.9 Å². The molecular formula is C18H26N6O. The molecule has 0 unspecified atom stereocenters. The number of aliphatic hydroxyl groups is 1. The highest BCUT2D eigenvalue weighted by atomic mass is 16.3. The largest absolute Gasteiger partial charge is 0.385 e. The van der Waals surface area contributed by atoms with Crippen LogP contribution in [-0.4, -0.2) is 37.7 Å². The molecule has 1 atom stereocenters. The lowest BCUT2D eigenvalue weighted by atomic mass is 9.90. The second kappa shape index (κ2) is 6.63. The number of aryl methyl sites for hydroxylation is 2. The van der Waals surface area contributed by atoms with Crippen molar-refractivity contribution >= 4 is 11.8 Å². The maximum Gasteiger partial charge on any atom is 0.222 e. The Morgan fingerprint density at radius 2 is 1.96 bits per heavy atom. The number of nitrogen functional groups attached to an aromatic ring is 1. The number of nitrogens with zero attached hydrogens (tertiary/aromatic N) is 5. The molecule has 3 heterocycles. The first-order valence-corrected chi connectivity index (χ1v) is 9.19. The minimum Gasteiger partial charge on any atom is -0.385 e. The Labute approximate surface area is 147 Å². The normalized spacial score (nSPS) is 19.7. The van der Waals surface area contributed by atoms with E-state index in [0.29, 0.717) is 5.95 Å². The van der Waals surface area contributed by atoms with Crippen LogP contribution < -0.4 is 10.6 Å². The minimum atomic E-state index is -0.508. The van der Waals surface area contributed by atoms with E-state index < -0.39 is 6.10 Å². The molecule has 1 fully saturated rings. The topological polar surface area (TPSA) is 93.1 Å². The van der Waals surface area contributed by atoms with E-state index in [0.717, 1.165) is 56.1 Å². The van der Waals surface area contributed by atoms with Crippen LogP contribution in [0.2, 0.25) is 0 Å². The number of piperidine rings is 1. The quantitative estimate of drug-likeness (QED) is 0.880. The zero-order valence-corrected chi connectivity index (χ0v) is 14.7. The Balaban J connectivity index is 1.49. The van der Waals surface area contributed by atoms with E-state index in [1.807, 2.05) is 17.8 Å². The molecule has 0 aromatic carbocycles. The van der Waals surface area contributed by atoms with E-state index in [2.05, 4.69) is 19.9 Å². The lowest BCUT2D eigenvalue weighted by molar-refractivity contribution is 0.0824. The SMILES string of the molecule is Cn1ccnc1[C@H](O)C1CCN(c2nc(N)nc3c2CCCC3)CC1.